The van der Waals surface area contributed by atoms with Crippen molar-refractivity contribution in [1.82, 2.24) is 0 Å². The second-order valence-corrected chi connectivity index (χ2v) is 3.80. The van der Waals surface area contributed by atoms with Gasteiger partial charge in [-0.3, -0.25) is 0 Å². The highest BCUT2D eigenvalue weighted by Gasteiger charge is 2.18. The first-order valence-electron chi connectivity index (χ1n) is 5.02. The fourth-order valence-corrected chi connectivity index (χ4v) is 1.94. The summed E-state index contributed by atoms with van der Waals surface area (Å²) in [7, 11) is 0. The van der Waals surface area contributed by atoms with Crippen molar-refractivity contribution in [3.63, 3.8) is 0 Å². The third-order valence-corrected chi connectivity index (χ3v) is 2.65. The van der Waals surface area contributed by atoms with Crippen molar-refractivity contribution in [2.45, 2.75) is 18.9 Å². The predicted molar refractivity (Wildman–Crippen MR) is 55.8 cm³/mol. The van der Waals surface area contributed by atoms with E-state index in [2.05, 4.69) is 0 Å². The minimum atomic E-state index is -0.151. The van der Waals surface area contributed by atoms with Crippen LogP contribution in [-0.2, 0) is 0 Å². The zero-order valence-electron chi connectivity index (χ0n) is 8.12. The molecule has 14 heavy (non-hydrogen) atoms. The highest BCUT2D eigenvalue weighted by Crippen LogP contribution is 2.22. The van der Waals surface area contributed by atoms with Crippen LogP contribution < -0.4 is 10.6 Å². The first kappa shape index (κ1) is 9.46. The largest absolute Gasteiger partial charge is 0.368 e. The normalized spacial score (nSPS) is 22.4. The van der Waals surface area contributed by atoms with Gasteiger partial charge in [-0.1, -0.05) is 12.1 Å². The molecule has 1 heterocycles. The van der Waals surface area contributed by atoms with Gasteiger partial charge in [-0.25, -0.2) is 4.39 Å². The van der Waals surface area contributed by atoms with Gasteiger partial charge in [-0.2, -0.15) is 0 Å². The van der Waals surface area contributed by atoms with Crippen LogP contribution in [0.2, 0.25) is 0 Å². The smallest absolute Gasteiger partial charge is 0.146 e. The summed E-state index contributed by atoms with van der Waals surface area (Å²) in [6.07, 6.45) is 2.10. The number of hydrogen-bond acceptors (Lipinski definition) is 2. The molecular weight excluding hydrogens is 179 g/mol. The second-order valence-electron chi connectivity index (χ2n) is 3.80. The standard InChI is InChI=1S/C11H15FN2/c12-10-5-1-2-6-11(10)14-7-3-4-9(13)8-14/h1-2,5-6,9H,3-4,7-8,13H2/t9-/m1/s1. The summed E-state index contributed by atoms with van der Waals surface area (Å²) in [6, 6.07) is 7.06. The van der Waals surface area contributed by atoms with E-state index in [0.717, 1.165) is 25.9 Å². The van der Waals surface area contributed by atoms with Crippen LogP contribution in [0.3, 0.4) is 0 Å². The SMILES string of the molecule is N[C@@H]1CCCN(c2ccccc2F)C1. The third kappa shape index (κ3) is 1.87. The number of piperidine rings is 1. The molecule has 0 saturated carbocycles. The first-order valence-corrected chi connectivity index (χ1v) is 5.02. The minimum Gasteiger partial charge on any atom is -0.368 e. The van der Waals surface area contributed by atoms with Gasteiger partial charge in [0.1, 0.15) is 5.82 Å². The number of rotatable bonds is 1. The number of benzene rings is 1. The van der Waals surface area contributed by atoms with E-state index in [0.29, 0.717) is 5.69 Å². The Labute approximate surface area is 83.5 Å². The van der Waals surface area contributed by atoms with Crippen LogP contribution in [0.25, 0.3) is 0 Å². The monoisotopic (exact) mass is 194 g/mol. The van der Waals surface area contributed by atoms with Crippen LogP contribution in [0.1, 0.15) is 12.8 Å². The molecule has 1 aliphatic rings. The Kier molecular flexibility index (Phi) is 2.68. The molecule has 0 aliphatic carbocycles. The lowest BCUT2D eigenvalue weighted by Gasteiger charge is -2.32. The highest BCUT2D eigenvalue weighted by molar-refractivity contribution is 5.48. The van der Waals surface area contributed by atoms with Gasteiger partial charge < -0.3 is 10.6 Å². The van der Waals surface area contributed by atoms with E-state index in [9.17, 15) is 4.39 Å². The van der Waals surface area contributed by atoms with Crippen LogP contribution in [0, 0.1) is 5.82 Å². The first-order chi connectivity index (χ1) is 6.77. The van der Waals surface area contributed by atoms with Crippen molar-refractivity contribution in [3.05, 3.63) is 30.1 Å². The molecule has 2 nitrogen and oxygen atoms in total. The number of nitrogens with two attached hydrogens (primary N) is 1. The number of anilines is 1. The fraction of sp³-hybridized carbons (Fsp3) is 0.455. The van der Waals surface area contributed by atoms with Crippen molar-refractivity contribution in [2.75, 3.05) is 18.0 Å². The predicted octanol–water partition coefficient (Wildman–Crippen LogP) is 1.75. The van der Waals surface area contributed by atoms with E-state index in [1.54, 1.807) is 6.07 Å². The summed E-state index contributed by atoms with van der Waals surface area (Å²) in [4.78, 5) is 2.03. The minimum absolute atomic E-state index is 0.151. The van der Waals surface area contributed by atoms with E-state index >= 15 is 0 Å². The highest BCUT2D eigenvalue weighted by atomic mass is 19.1. The Morgan fingerprint density at radius 2 is 2.14 bits per heavy atom. The number of hydrogen-bond donors (Lipinski definition) is 1. The Balaban J connectivity index is 2.18. The van der Waals surface area contributed by atoms with Crippen molar-refractivity contribution >= 4 is 5.69 Å². The van der Waals surface area contributed by atoms with Gasteiger partial charge in [0, 0.05) is 19.1 Å². The quantitative estimate of drug-likeness (QED) is 0.738. The Morgan fingerprint density at radius 1 is 1.36 bits per heavy atom. The van der Waals surface area contributed by atoms with E-state index in [1.807, 2.05) is 17.0 Å². The molecule has 0 aromatic heterocycles. The summed E-state index contributed by atoms with van der Waals surface area (Å²) in [5.74, 6) is -0.151. The molecule has 2 rings (SSSR count). The van der Waals surface area contributed by atoms with Crippen LogP contribution in [0.4, 0.5) is 10.1 Å². The molecule has 0 amide bonds. The molecule has 1 saturated heterocycles. The molecule has 0 unspecified atom stereocenters. The summed E-state index contributed by atoms with van der Waals surface area (Å²) in [5.41, 5.74) is 6.53. The van der Waals surface area contributed by atoms with E-state index in [-0.39, 0.29) is 11.9 Å². The number of halogens is 1. The second kappa shape index (κ2) is 3.96. The fourth-order valence-electron chi connectivity index (χ4n) is 1.94. The van der Waals surface area contributed by atoms with Crippen molar-refractivity contribution in [1.29, 1.82) is 0 Å². The van der Waals surface area contributed by atoms with Gasteiger partial charge in [0.2, 0.25) is 0 Å². The van der Waals surface area contributed by atoms with Crippen LogP contribution in [0.15, 0.2) is 24.3 Å². The molecule has 76 valence electrons. The molecule has 1 aromatic carbocycles. The summed E-state index contributed by atoms with van der Waals surface area (Å²) in [5, 5.41) is 0. The van der Waals surface area contributed by atoms with Gasteiger partial charge in [0.25, 0.3) is 0 Å². The topological polar surface area (TPSA) is 29.3 Å². The van der Waals surface area contributed by atoms with Gasteiger partial charge in [0.05, 0.1) is 5.69 Å². The van der Waals surface area contributed by atoms with E-state index < -0.39 is 0 Å². The third-order valence-electron chi connectivity index (χ3n) is 2.65. The Bertz CT molecular complexity index is 314. The molecule has 0 bridgehead atoms. The van der Waals surface area contributed by atoms with Gasteiger partial charge in [0.15, 0.2) is 0 Å². The number of para-hydroxylation sites is 1. The molecule has 3 heteroatoms. The van der Waals surface area contributed by atoms with E-state index in [4.69, 9.17) is 5.73 Å². The zero-order chi connectivity index (χ0) is 9.97. The molecular formula is C11H15FN2. The molecule has 2 N–H and O–H groups in total. The maximum Gasteiger partial charge on any atom is 0.146 e. The van der Waals surface area contributed by atoms with Gasteiger partial charge >= 0.3 is 0 Å². The molecule has 0 spiro atoms. The Hall–Kier alpha value is -1.09. The maximum absolute atomic E-state index is 13.4. The van der Waals surface area contributed by atoms with Crippen LogP contribution in [0.5, 0.6) is 0 Å². The van der Waals surface area contributed by atoms with Crippen LogP contribution in [-0.4, -0.2) is 19.1 Å². The van der Waals surface area contributed by atoms with Crippen molar-refractivity contribution in [3.8, 4) is 0 Å². The summed E-state index contributed by atoms with van der Waals surface area (Å²) >= 11 is 0. The van der Waals surface area contributed by atoms with Gasteiger partial charge in [-0.05, 0) is 25.0 Å². The number of nitrogens with zero attached hydrogens (tertiary/aromatic N) is 1. The summed E-state index contributed by atoms with van der Waals surface area (Å²) < 4.78 is 13.4. The molecule has 1 fully saturated rings. The maximum atomic E-state index is 13.4. The Morgan fingerprint density at radius 3 is 2.86 bits per heavy atom. The lowest BCUT2D eigenvalue weighted by atomic mass is 10.1. The van der Waals surface area contributed by atoms with Crippen LogP contribution >= 0.6 is 0 Å². The molecule has 1 aliphatic heterocycles. The van der Waals surface area contributed by atoms with E-state index in [1.165, 1.54) is 6.07 Å². The van der Waals surface area contributed by atoms with Gasteiger partial charge in [-0.15, -0.1) is 0 Å². The average Bonchev–Trinajstić information content (AvgIpc) is 2.18. The molecule has 1 aromatic rings. The summed E-state index contributed by atoms with van der Waals surface area (Å²) in [6.45, 7) is 1.68. The lowest BCUT2D eigenvalue weighted by molar-refractivity contribution is 0.498. The average molecular weight is 194 g/mol. The molecule has 0 radical (unpaired) electrons. The van der Waals surface area contributed by atoms with Crippen molar-refractivity contribution < 1.29 is 4.39 Å². The lowest BCUT2D eigenvalue weighted by Crippen LogP contribution is -2.43. The van der Waals surface area contributed by atoms with Crippen molar-refractivity contribution in [2.24, 2.45) is 5.73 Å². The molecule has 1 atom stereocenters. The zero-order valence-corrected chi connectivity index (χ0v) is 8.12.